The molecule has 0 radical (unpaired) electrons. The number of amides is 1. The highest BCUT2D eigenvalue weighted by Gasteiger charge is 2.18. The Kier molecular flexibility index (Phi) is 6.43. The Hall–Kier alpha value is -3.69. The van der Waals surface area contributed by atoms with Crippen molar-refractivity contribution in [2.45, 2.75) is 6.92 Å². The van der Waals surface area contributed by atoms with E-state index in [1.54, 1.807) is 62.9 Å². The lowest BCUT2D eigenvalue weighted by atomic mass is 10.1. The fraction of sp³-hybridized carbons (Fsp3) is 0.130. The Morgan fingerprint density at radius 1 is 1.09 bits per heavy atom. The lowest BCUT2D eigenvalue weighted by Crippen LogP contribution is -2.26. The fourth-order valence-corrected chi connectivity index (χ4v) is 4.00. The average Bonchev–Trinajstić information content (AvgIpc) is 3.27. The molecule has 0 aliphatic carbocycles. The fourth-order valence-electron chi connectivity index (χ4n) is 3.17. The van der Waals surface area contributed by atoms with Gasteiger partial charge < -0.3 is 9.47 Å². The van der Waals surface area contributed by atoms with Gasteiger partial charge in [0.1, 0.15) is 11.5 Å². The highest BCUT2D eigenvalue weighted by molar-refractivity contribution is 7.14. The number of carbonyl (C=O) groups is 1. The van der Waals surface area contributed by atoms with Crippen LogP contribution in [-0.2, 0) is 0 Å². The van der Waals surface area contributed by atoms with Gasteiger partial charge in [-0.3, -0.25) is 14.9 Å². The van der Waals surface area contributed by atoms with Crippen molar-refractivity contribution in [3.05, 3.63) is 80.5 Å². The van der Waals surface area contributed by atoms with Crippen molar-refractivity contribution < 1.29 is 14.3 Å². The zero-order chi connectivity index (χ0) is 23.5. The summed E-state index contributed by atoms with van der Waals surface area (Å²) >= 11 is 7.18. The molecule has 2 aromatic heterocycles. The van der Waals surface area contributed by atoms with Gasteiger partial charge in [-0.15, -0.1) is 11.3 Å². The maximum Gasteiger partial charge on any atom is 0.281 e. The highest BCUT2D eigenvalue weighted by Crippen LogP contribution is 2.34. The quantitative estimate of drug-likeness (QED) is 0.432. The van der Waals surface area contributed by atoms with E-state index in [0.717, 1.165) is 5.56 Å². The monoisotopic (exact) mass is 482 g/mol. The molecule has 10 heteroatoms. The number of benzene rings is 2. The van der Waals surface area contributed by atoms with E-state index in [-0.39, 0.29) is 5.69 Å². The number of anilines is 1. The molecule has 0 spiro atoms. The van der Waals surface area contributed by atoms with Crippen molar-refractivity contribution in [2.75, 3.05) is 19.5 Å². The van der Waals surface area contributed by atoms with Crippen molar-refractivity contribution >= 4 is 34.0 Å². The molecule has 0 aliphatic heterocycles. The molecule has 0 aliphatic rings. The second-order valence-corrected chi connectivity index (χ2v) is 8.24. The summed E-state index contributed by atoms with van der Waals surface area (Å²) in [5, 5.41) is 9.62. The van der Waals surface area contributed by atoms with E-state index >= 15 is 0 Å². The summed E-state index contributed by atoms with van der Waals surface area (Å²) in [4.78, 5) is 29.8. The van der Waals surface area contributed by atoms with Gasteiger partial charge in [0.2, 0.25) is 5.43 Å². The van der Waals surface area contributed by atoms with Crippen LogP contribution in [-0.4, -0.2) is 34.9 Å². The first-order valence-corrected chi connectivity index (χ1v) is 11.0. The van der Waals surface area contributed by atoms with Crippen LogP contribution >= 0.6 is 22.9 Å². The topological polar surface area (TPSA) is 95.3 Å². The number of aryl methyl sites for hydroxylation is 1. The van der Waals surface area contributed by atoms with Crippen LogP contribution in [0, 0.1) is 6.92 Å². The Morgan fingerprint density at radius 3 is 2.55 bits per heavy atom. The predicted octanol–water partition coefficient (Wildman–Crippen LogP) is 4.59. The van der Waals surface area contributed by atoms with E-state index in [1.165, 1.54) is 22.1 Å². The van der Waals surface area contributed by atoms with Crippen molar-refractivity contribution in [1.29, 1.82) is 0 Å². The summed E-state index contributed by atoms with van der Waals surface area (Å²) in [7, 11) is 3.13. The first kappa shape index (κ1) is 22.5. The van der Waals surface area contributed by atoms with Gasteiger partial charge in [0.25, 0.3) is 5.91 Å². The lowest BCUT2D eigenvalue weighted by Gasteiger charge is -2.11. The van der Waals surface area contributed by atoms with E-state index in [2.05, 4.69) is 15.4 Å². The number of halogens is 1. The maximum atomic E-state index is 12.9. The molecule has 0 fully saturated rings. The maximum absolute atomic E-state index is 12.9. The Morgan fingerprint density at radius 2 is 1.85 bits per heavy atom. The number of hydrogen-bond donors (Lipinski definition) is 1. The molecule has 0 bridgehead atoms. The molecule has 2 heterocycles. The Balaban J connectivity index is 1.61. The summed E-state index contributed by atoms with van der Waals surface area (Å²) in [5.41, 5.74) is 1.90. The summed E-state index contributed by atoms with van der Waals surface area (Å²) < 4.78 is 12.2. The standard InChI is InChI=1S/C23H19ClN4O4S/c1-13-10-19(29)21(27-28(13)15-6-4-14(24)5-7-15)22(30)26-23-25-18(12-33-23)17-9-8-16(31-2)11-20(17)32-3/h4-12H,1-3H3,(H,25,26,30). The van der Waals surface area contributed by atoms with E-state index in [1.807, 2.05) is 6.07 Å². The third-order valence-corrected chi connectivity index (χ3v) is 5.81. The second-order valence-electron chi connectivity index (χ2n) is 6.95. The first-order valence-electron chi connectivity index (χ1n) is 9.76. The van der Waals surface area contributed by atoms with Gasteiger partial charge in [-0.05, 0) is 43.3 Å². The minimum Gasteiger partial charge on any atom is -0.497 e. The molecule has 2 aromatic carbocycles. The number of ether oxygens (including phenoxy) is 2. The summed E-state index contributed by atoms with van der Waals surface area (Å²) in [6, 6.07) is 13.7. The summed E-state index contributed by atoms with van der Waals surface area (Å²) in [5.74, 6) is 0.593. The second kappa shape index (κ2) is 9.43. The molecular formula is C23H19ClN4O4S. The highest BCUT2D eigenvalue weighted by atomic mass is 35.5. The molecule has 33 heavy (non-hydrogen) atoms. The summed E-state index contributed by atoms with van der Waals surface area (Å²) in [6.45, 7) is 1.74. The van der Waals surface area contributed by atoms with Crippen molar-refractivity contribution in [2.24, 2.45) is 0 Å². The minimum absolute atomic E-state index is 0.241. The van der Waals surface area contributed by atoms with Gasteiger partial charge in [-0.2, -0.15) is 5.10 Å². The number of nitrogens with one attached hydrogen (secondary N) is 1. The predicted molar refractivity (Wildman–Crippen MR) is 128 cm³/mol. The van der Waals surface area contributed by atoms with Crippen LogP contribution in [0.25, 0.3) is 16.9 Å². The van der Waals surface area contributed by atoms with Crippen LogP contribution in [0.3, 0.4) is 0 Å². The van der Waals surface area contributed by atoms with Crippen molar-refractivity contribution in [3.63, 3.8) is 0 Å². The van der Waals surface area contributed by atoms with Gasteiger partial charge in [-0.25, -0.2) is 9.67 Å². The molecular weight excluding hydrogens is 464 g/mol. The van der Waals surface area contributed by atoms with Gasteiger partial charge in [0, 0.05) is 33.8 Å². The van der Waals surface area contributed by atoms with Crippen LogP contribution in [0.1, 0.15) is 16.2 Å². The van der Waals surface area contributed by atoms with E-state index in [4.69, 9.17) is 21.1 Å². The van der Waals surface area contributed by atoms with E-state index in [0.29, 0.717) is 38.7 Å². The number of hydrogen-bond acceptors (Lipinski definition) is 7. The van der Waals surface area contributed by atoms with Gasteiger partial charge >= 0.3 is 0 Å². The Labute approximate surface area is 198 Å². The number of methoxy groups -OCH3 is 2. The minimum atomic E-state index is -0.648. The first-order chi connectivity index (χ1) is 15.9. The number of nitrogens with zero attached hydrogens (tertiary/aromatic N) is 3. The molecule has 8 nitrogen and oxygen atoms in total. The van der Waals surface area contributed by atoms with Gasteiger partial charge in [0.05, 0.1) is 25.6 Å². The van der Waals surface area contributed by atoms with E-state index < -0.39 is 11.3 Å². The smallest absolute Gasteiger partial charge is 0.281 e. The van der Waals surface area contributed by atoms with Gasteiger partial charge in [0.15, 0.2) is 10.8 Å². The molecule has 4 rings (SSSR count). The van der Waals surface area contributed by atoms with E-state index in [9.17, 15) is 9.59 Å². The summed E-state index contributed by atoms with van der Waals surface area (Å²) in [6.07, 6.45) is 0. The van der Waals surface area contributed by atoms with Crippen LogP contribution in [0.5, 0.6) is 11.5 Å². The van der Waals surface area contributed by atoms with Crippen molar-refractivity contribution in [1.82, 2.24) is 14.8 Å². The van der Waals surface area contributed by atoms with Crippen LogP contribution < -0.4 is 20.2 Å². The molecule has 0 saturated heterocycles. The molecule has 1 amide bonds. The van der Waals surface area contributed by atoms with Crippen LogP contribution in [0.15, 0.2) is 58.7 Å². The molecule has 1 N–H and O–H groups in total. The molecule has 0 saturated carbocycles. The zero-order valence-corrected chi connectivity index (χ0v) is 19.5. The number of aromatic nitrogens is 3. The van der Waals surface area contributed by atoms with Crippen LogP contribution in [0.4, 0.5) is 5.13 Å². The molecule has 0 unspecified atom stereocenters. The molecule has 168 valence electrons. The third-order valence-electron chi connectivity index (χ3n) is 4.80. The largest absolute Gasteiger partial charge is 0.497 e. The Bertz CT molecular complexity index is 1380. The number of thiazole rings is 1. The SMILES string of the molecule is COc1ccc(-c2csc(NC(=O)c3nn(-c4ccc(Cl)cc4)c(C)cc3=O)n2)c(OC)c1. The van der Waals surface area contributed by atoms with Crippen LogP contribution in [0.2, 0.25) is 5.02 Å². The number of rotatable bonds is 6. The molecule has 0 atom stereocenters. The molecule has 4 aromatic rings. The van der Waals surface area contributed by atoms with Gasteiger partial charge in [-0.1, -0.05) is 11.6 Å². The average molecular weight is 483 g/mol. The van der Waals surface area contributed by atoms with Crippen molar-refractivity contribution in [3.8, 4) is 28.4 Å². The zero-order valence-electron chi connectivity index (χ0n) is 18.0. The lowest BCUT2D eigenvalue weighted by molar-refractivity contribution is 0.101. The normalized spacial score (nSPS) is 10.7. The number of carbonyl (C=O) groups excluding carboxylic acids is 1. The third kappa shape index (κ3) is 4.74.